The van der Waals surface area contributed by atoms with Gasteiger partial charge in [-0.3, -0.25) is 4.79 Å². The Morgan fingerprint density at radius 2 is 1.86 bits per heavy atom. The fourth-order valence-electron chi connectivity index (χ4n) is 1.70. The van der Waals surface area contributed by atoms with Crippen LogP contribution in [0.2, 0.25) is 0 Å². The van der Waals surface area contributed by atoms with Gasteiger partial charge in [-0.15, -0.1) is 0 Å². The van der Waals surface area contributed by atoms with Gasteiger partial charge < -0.3 is 5.11 Å². The van der Waals surface area contributed by atoms with Gasteiger partial charge in [-0.1, -0.05) is 22.4 Å². The van der Waals surface area contributed by atoms with E-state index in [4.69, 9.17) is 5.11 Å². The van der Waals surface area contributed by atoms with E-state index in [-0.39, 0.29) is 11.3 Å². The van der Waals surface area contributed by atoms with Crippen molar-refractivity contribution in [1.29, 1.82) is 0 Å². The molecule has 5 nitrogen and oxygen atoms in total. The fourth-order valence-corrected chi connectivity index (χ4v) is 4.45. The Labute approximate surface area is 141 Å². The minimum Gasteiger partial charge on any atom is -0.481 e. The number of carboxylic acids is 1. The lowest BCUT2D eigenvalue weighted by molar-refractivity contribution is -0.137. The number of benzene rings is 1. The summed E-state index contributed by atoms with van der Waals surface area (Å²) in [7, 11) is -3.58. The van der Waals surface area contributed by atoms with Gasteiger partial charge in [-0.25, -0.2) is 13.1 Å². The van der Waals surface area contributed by atoms with Crippen LogP contribution < -0.4 is 4.72 Å². The van der Waals surface area contributed by atoms with E-state index >= 15 is 0 Å². The summed E-state index contributed by atoms with van der Waals surface area (Å²) in [6.07, 6.45) is 1.95. The highest BCUT2D eigenvalue weighted by atomic mass is 79.9. The molecule has 0 aliphatic heterocycles. The second-order valence-corrected chi connectivity index (χ2v) is 8.08. The van der Waals surface area contributed by atoms with Crippen molar-refractivity contribution in [2.75, 3.05) is 6.54 Å². The molecule has 0 saturated heterocycles. The first kappa shape index (κ1) is 18.6. The van der Waals surface area contributed by atoms with Crippen molar-refractivity contribution in [3.63, 3.8) is 0 Å². The van der Waals surface area contributed by atoms with Crippen LogP contribution >= 0.6 is 31.9 Å². The van der Waals surface area contributed by atoms with Crippen molar-refractivity contribution >= 4 is 47.9 Å². The highest BCUT2D eigenvalue weighted by Gasteiger charge is 2.18. The Balaban J connectivity index is 2.58. The van der Waals surface area contributed by atoms with E-state index < -0.39 is 16.0 Å². The van der Waals surface area contributed by atoms with Crippen molar-refractivity contribution < 1.29 is 18.3 Å². The molecule has 8 heteroatoms. The number of sulfonamides is 1. The summed E-state index contributed by atoms with van der Waals surface area (Å²) in [5.74, 6) is -0.830. The zero-order chi connectivity index (χ0) is 16.0. The Morgan fingerprint density at radius 1 is 1.19 bits per heavy atom. The number of nitrogens with one attached hydrogen (secondary N) is 1. The zero-order valence-electron chi connectivity index (χ0n) is 11.5. The highest BCUT2D eigenvalue weighted by Crippen LogP contribution is 2.28. The van der Waals surface area contributed by atoms with E-state index in [1.807, 2.05) is 6.92 Å². The van der Waals surface area contributed by atoms with E-state index in [1.54, 1.807) is 12.1 Å². The van der Waals surface area contributed by atoms with Gasteiger partial charge in [0, 0.05) is 21.9 Å². The molecule has 0 atom stereocenters. The maximum absolute atomic E-state index is 12.2. The molecule has 0 fully saturated rings. The fraction of sp³-hybridized carbons (Fsp3) is 0.462. The number of carbonyl (C=O) groups is 1. The van der Waals surface area contributed by atoms with E-state index in [0.717, 1.165) is 10.0 Å². The molecule has 1 aromatic carbocycles. The molecule has 0 aliphatic rings. The predicted octanol–water partition coefficient (Wildman–Crippen LogP) is 3.44. The largest absolute Gasteiger partial charge is 0.481 e. The van der Waals surface area contributed by atoms with Crippen LogP contribution in [0.25, 0.3) is 0 Å². The second-order valence-electron chi connectivity index (χ2n) is 4.63. The van der Waals surface area contributed by atoms with Crippen LogP contribution in [0.1, 0.15) is 31.2 Å². The molecule has 21 heavy (non-hydrogen) atoms. The Bertz CT molecular complexity index is 617. The van der Waals surface area contributed by atoms with Crippen LogP contribution in [0, 0.1) is 6.92 Å². The molecule has 0 aromatic heterocycles. The summed E-state index contributed by atoms with van der Waals surface area (Å²) in [6.45, 7) is 2.17. The van der Waals surface area contributed by atoms with E-state index in [0.29, 0.717) is 30.3 Å². The number of rotatable bonds is 8. The van der Waals surface area contributed by atoms with E-state index in [2.05, 4.69) is 36.6 Å². The van der Waals surface area contributed by atoms with Crippen molar-refractivity contribution in [2.45, 2.75) is 37.5 Å². The van der Waals surface area contributed by atoms with Crippen LogP contribution in [0.3, 0.4) is 0 Å². The molecule has 1 rings (SSSR count). The lowest BCUT2D eigenvalue weighted by Gasteiger charge is -2.10. The van der Waals surface area contributed by atoms with Crippen LogP contribution in [0.15, 0.2) is 26.0 Å². The maximum atomic E-state index is 12.2. The molecule has 0 bridgehead atoms. The van der Waals surface area contributed by atoms with Crippen molar-refractivity contribution in [3.8, 4) is 0 Å². The SMILES string of the molecule is Cc1cc(Br)c(S(=O)(=O)NCCCCCC(=O)O)cc1Br. The van der Waals surface area contributed by atoms with Gasteiger partial charge in [-0.2, -0.15) is 0 Å². The van der Waals surface area contributed by atoms with Gasteiger partial charge in [0.2, 0.25) is 10.0 Å². The summed E-state index contributed by atoms with van der Waals surface area (Å²) in [5, 5.41) is 8.51. The Hall–Kier alpha value is -0.440. The standard InChI is InChI=1S/C13H17Br2NO4S/c1-9-7-11(15)12(8-10(9)14)21(19,20)16-6-4-2-3-5-13(17)18/h7-8,16H,2-6H2,1H3,(H,17,18). The number of unbranched alkanes of at least 4 members (excludes halogenated alkanes) is 2. The van der Waals surface area contributed by atoms with Gasteiger partial charge in [0.15, 0.2) is 0 Å². The Kier molecular flexibility index (Phi) is 7.32. The molecule has 2 N–H and O–H groups in total. The van der Waals surface area contributed by atoms with Crippen molar-refractivity contribution in [3.05, 3.63) is 26.6 Å². The van der Waals surface area contributed by atoms with Crippen LogP contribution in [-0.4, -0.2) is 26.0 Å². The molecule has 0 spiro atoms. The molecule has 0 radical (unpaired) electrons. The first-order chi connectivity index (χ1) is 9.74. The number of aryl methyl sites for hydroxylation is 1. The minimum atomic E-state index is -3.58. The molecule has 118 valence electrons. The van der Waals surface area contributed by atoms with Crippen LogP contribution in [-0.2, 0) is 14.8 Å². The van der Waals surface area contributed by atoms with Crippen molar-refractivity contribution in [1.82, 2.24) is 4.72 Å². The van der Waals surface area contributed by atoms with Gasteiger partial charge >= 0.3 is 5.97 Å². The number of halogens is 2. The highest BCUT2D eigenvalue weighted by molar-refractivity contribution is 9.11. The molecule has 0 unspecified atom stereocenters. The third-order valence-corrected chi connectivity index (χ3v) is 6.14. The number of carboxylic acid groups (broad SMARTS) is 1. The lowest BCUT2D eigenvalue weighted by atomic mass is 10.2. The lowest BCUT2D eigenvalue weighted by Crippen LogP contribution is -2.25. The molecule has 0 amide bonds. The molecular formula is C13H17Br2NO4S. The van der Waals surface area contributed by atoms with Crippen LogP contribution in [0.5, 0.6) is 0 Å². The smallest absolute Gasteiger partial charge is 0.303 e. The summed E-state index contributed by atoms with van der Waals surface area (Å²) in [5.41, 5.74) is 0.939. The number of aliphatic carboxylic acids is 1. The summed E-state index contributed by atoms with van der Waals surface area (Å²) >= 11 is 6.58. The third-order valence-electron chi connectivity index (χ3n) is 2.86. The first-order valence-corrected chi connectivity index (χ1v) is 9.48. The summed E-state index contributed by atoms with van der Waals surface area (Å²) in [4.78, 5) is 10.5. The number of hydrogen-bond acceptors (Lipinski definition) is 3. The molecule has 0 aliphatic carbocycles. The normalized spacial score (nSPS) is 11.6. The van der Waals surface area contributed by atoms with E-state index in [9.17, 15) is 13.2 Å². The Morgan fingerprint density at radius 3 is 2.48 bits per heavy atom. The average Bonchev–Trinajstić information content (AvgIpc) is 2.37. The predicted molar refractivity (Wildman–Crippen MR) is 87.9 cm³/mol. The molecule has 0 heterocycles. The van der Waals surface area contributed by atoms with Crippen molar-refractivity contribution in [2.24, 2.45) is 0 Å². The quantitative estimate of drug-likeness (QED) is 0.604. The average molecular weight is 443 g/mol. The van der Waals surface area contributed by atoms with Gasteiger partial charge in [-0.05, 0) is 53.4 Å². The zero-order valence-corrected chi connectivity index (χ0v) is 15.5. The monoisotopic (exact) mass is 441 g/mol. The van der Waals surface area contributed by atoms with Gasteiger partial charge in [0.1, 0.15) is 0 Å². The maximum Gasteiger partial charge on any atom is 0.303 e. The minimum absolute atomic E-state index is 0.114. The molecule has 1 aromatic rings. The molecule has 0 saturated carbocycles. The molecular weight excluding hydrogens is 426 g/mol. The summed E-state index contributed by atoms with van der Waals surface area (Å²) in [6, 6.07) is 3.30. The number of hydrogen-bond donors (Lipinski definition) is 2. The second kappa shape index (κ2) is 8.26. The van der Waals surface area contributed by atoms with Gasteiger partial charge in [0.05, 0.1) is 4.90 Å². The third kappa shape index (κ3) is 6.06. The van der Waals surface area contributed by atoms with Gasteiger partial charge in [0.25, 0.3) is 0 Å². The first-order valence-electron chi connectivity index (χ1n) is 6.41. The summed E-state index contributed by atoms with van der Waals surface area (Å²) < 4.78 is 28.2. The van der Waals surface area contributed by atoms with Crippen LogP contribution in [0.4, 0.5) is 0 Å². The topological polar surface area (TPSA) is 83.5 Å². The van der Waals surface area contributed by atoms with E-state index in [1.165, 1.54) is 0 Å².